The Morgan fingerprint density at radius 2 is 1.80 bits per heavy atom. The number of rotatable bonds is 5. The van der Waals surface area contributed by atoms with Crippen molar-refractivity contribution in [2.24, 2.45) is 4.99 Å². The van der Waals surface area contributed by atoms with Crippen LogP contribution in [0.2, 0.25) is 0 Å². The van der Waals surface area contributed by atoms with Crippen molar-refractivity contribution in [1.29, 1.82) is 5.26 Å². The van der Waals surface area contributed by atoms with E-state index in [0.29, 0.717) is 17.1 Å². The molecule has 0 unspecified atom stereocenters. The van der Waals surface area contributed by atoms with E-state index in [4.69, 9.17) is 5.26 Å². The highest BCUT2D eigenvalue weighted by Crippen LogP contribution is 2.24. The number of nitriles is 1. The van der Waals surface area contributed by atoms with Crippen LogP contribution in [0.1, 0.15) is 40.8 Å². The van der Waals surface area contributed by atoms with Crippen molar-refractivity contribution in [3.8, 4) is 11.9 Å². The lowest BCUT2D eigenvalue weighted by Gasteiger charge is -2.08. The van der Waals surface area contributed by atoms with Crippen LogP contribution >= 0.6 is 0 Å². The highest BCUT2D eigenvalue weighted by Gasteiger charge is 2.11. The van der Waals surface area contributed by atoms with E-state index in [1.54, 1.807) is 17.0 Å². The van der Waals surface area contributed by atoms with Crippen molar-refractivity contribution < 1.29 is 5.11 Å². The number of nitrogens with one attached hydrogen (secondary N) is 1. The molecule has 2 N–H and O–H groups in total. The van der Waals surface area contributed by atoms with Gasteiger partial charge in [-0.25, -0.2) is 9.67 Å². The first-order chi connectivity index (χ1) is 16.8. The summed E-state index contributed by atoms with van der Waals surface area (Å²) in [4.78, 5) is 8.68. The van der Waals surface area contributed by atoms with Gasteiger partial charge in [-0.15, -0.1) is 5.10 Å². The summed E-state index contributed by atoms with van der Waals surface area (Å²) >= 11 is 0. The molecular weight excluding hydrogens is 440 g/mol. The van der Waals surface area contributed by atoms with Crippen LogP contribution in [0.25, 0.3) is 5.82 Å². The average molecular weight is 469 g/mol. The van der Waals surface area contributed by atoms with Crippen molar-refractivity contribution in [3.05, 3.63) is 82.4 Å². The quantitative estimate of drug-likeness (QED) is 0.403. The lowest BCUT2D eigenvalue weighted by Crippen LogP contribution is -2.07. The molecule has 0 aliphatic carbocycles. The Morgan fingerprint density at radius 1 is 1.03 bits per heavy atom. The molecule has 3 aromatic heterocycles. The highest BCUT2D eigenvalue weighted by atomic mass is 16.3. The summed E-state index contributed by atoms with van der Waals surface area (Å²) in [6.45, 7) is 9.47. The molecule has 35 heavy (non-hydrogen) atoms. The summed E-state index contributed by atoms with van der Waals surface area (Å²) < 4.78 is 1.58. The second-order valence-electron chi connectivity index (χ2n) is 7.86. The molecule has 4 aromatic rings. The Balaban J connectivity index is 0.000000196. The fraction of sp³-hybridized carbons (Fsp3) is 0.231. The zero-order chi connectivity index (χ0) is 25.4. The number of aliphatic hydroxyl groups is 1. The molecule has 0 aliphatic heterocycles. The molecule has 3 heterocycles. The Morgan fingerprint density at radius 3 is 2.43 bits per heavy atom. The first kappa shape index (κ1) is 25.2. The Labute approximate surface area is 204 Å². The van der Waals surface area contributed by atoms with Gasteiger partial charge in [0.15, 0.2) is 17.3 Å². The summed E-state index contributed by atoms with van der Waals surface area (Å²) in [5.41, 5.74) is 6.65. The van der Waals surface area contributed by atoms with Gasteiger partial charge in [-0.3, -0.25) is 4.99 Å². The van der Waals surface area contributed by atoms with Crippen LogP contribution in [0.5, 0.6) is 0 Å². The zero-order valence-corrected chi connectivity index (χ0v) is 20.5. The Hall–Kier alpha value is -4.42. The van der Waals surface area contributed by atoms with E-state index in [-0.39, 0.29) is 6.61 Å². The molecule has 0 saturated carbocycles. The van der Waals surface area contributed by atoms with Gasteiger partial charge in [0.25, 0.3) is 0 Å². The predicted molar refractivity (Wildman–Crippen MR) is 137 cm³/mol. The van der Waals surface area contributed by atoms with Crippen molar-refractivity contribution in [1.82, 2.24) is 25.0 Å². The third-order valence-electron chi connectivity index (χ3n) is 5.02. The molecule has 0 amide bonds. The van der Waals surface area contributed by atoms with Crippen LogP contribution in [0.15, 0.2) is 53.5 Å². The van der Waals surface area contributed by atoms with E-state index in [0.717, 1.165) is 39.8 Å². The number of aryl methyl sites for hydroxylation is 4. The number of nitrogens with zero attached hydrogens (tertiary/aromatic N) is 7. The molecule has 9 nitrogen and oxygen atoms in total. The molecule has 0 bridgehead atoms. The van der Waals surface area contributed by atoms with Gasteiger partial charge in [0, 0.05) is 28.9 Å². The molecule has 0 saturated heterocycles. The summed E-state index contributed by atoms with van der Waals surface area (Å²) in [5.74, 6) is 1.31. The second-order valence-corrected chi connectivity index (χ2v) is 7.86. The maximum absolute atomic E-state index is 9.28. The molecule has 0 fully saturated rings. The van der Waals surface area contributed by atoms with Crippen molar-refractivity contribution in [2.75, 3.05) is 5.32 Å². The Bertz CT molecular complexity index is 1370. The zero-order valence-electron chi connectivity index (χ0n) is 20.5. The topological polar surface area (TPSA) is 125 Å². The molecular formula is C26H28N8O. The van der Waals surface area contributed by atoms with E-state index >= 15 is 0 Å². The van der Waals surface area contributed by atoms with Gasteiger partial charge in [-0.05, 0) is 76.6 Å². The predicted octanol–water partition coefficient (Wildman–Crippen LogP) is 4.81. The van der Waals surface area contributed by atoms with Crippen molar-refractivity contribution in [2.45, 2.75) is 41.2 Å². The third-order valence-corrected chi connectivity index (χ3v) is 5.02. The molecule has 0 atom stereocenters. The molecule has 0 radical (unpaired) electrons. The van der Waals surface area contributed by atoms with Gasteiger partial charge in [-0.1, -0.05) is 12.1 Å². The first-order valence-corrected chi connectivity index (χ1v) is 11.1. The lowest BCUT2D eigenvalue weighted by atomic mass is 10.2. The van der Waals surface area contributed by atoms with E-state index in [1.807, 2.05) is 83.2 Å². The van der Waals surface area contributed by atoms with E-state index in [1.165, 1.54) is 0 Å². The summed E-state index contributed by atoms with van der Waals surface area (Å²) in [6.07, 6.45) is 1.79. The van der Waals surface area contributed by atoms with Gasteiger partial charge in [0.05, 0.1) is 18.0 Å². The van der Waals surface area contributed by atoms with E-state index in [2.05, 4.69) is 30.6 Å². The van der Waals surface area contributed by atoms with Gasteiger partial charge in [0.2, 0.25) is 0 Å². The third kappa shape index (κ3) is 6.56. The normalized spacial score (nSPS) is 10.5. The fourth-order valence-electron chi connectivity index (χ4n) is 3.20. The largest absolute Gasteiger partial charge is 0.392 e. The number of pyridine rings is 1. The fourth-order valence-corrected chi connectivity index (χ4v) is 3.20. The second kappa shape index (κ2) is 11.6. The molecule has 4 rings (SSSR count). The SMILES string of the molecule is CC=Nc1cc(Nc2ccc(C)nn2)ccc1C.Cc1ccc(CO)c(-n2nc(C#N)cc2C)n1. The van der Waals surface area contributed by atoms with Gasteiger partial charge in [-0.2, -0.15) is 15.5 Å². The number of anilines is 2. The number of hydrogen-bond acceptors (Lipinski definition) is 8. The highest BCUT2D eigenvalue weighted by molar-refractivity contribution is 5.68. The summed E-state index contributed by atoms with van der Waals surface area (Å²) in [6, 6.07) is 17.2. The monoisotopic (exact) mass is 468 g/mol. The van der Waals surface area contributed by atoms with Gasteiger partial charge in [0.1, 0.15) is 6.07 Å². The molecule has 0 spiro atoms. The maximum atomic E-state index is 9.28. The van der Waals surface area contributed by atoms with Crippen molar-refractivity contribution >= 4 is 23.4 Å². The van der Waals surface area contributed by atoms with Gasteiger partial charge < -0.3 is 10.4 Å². The standard InChI is InChI=1S/C14H16N4.C12H12N4O/c1-4-15-13-9-12(7-5-10(13)2)16-14-8-6-11(3)17-18-14;1-8-3-4-10(7-17)12(14-8)16-9(2)5-11(6-13)15-16/h4-9H,1-3H3,(H,16,18);3-5,17H,7H2,1-2H3. The number of aliphatic hydroxyl groups excluding tert-OH is 1. The summed E-state index contributed by atoms with van der Waals surface area (Å²) in [7, 11) is 0. The smallest absolute Gasteiger partial charge is 0.163 e. The van der Waals surface area contributed by atoms with Crippen LogP contribution in [0, 0.1) is 39.0 Å². The van der Waals surface area contributed by atoms with Crippen LogP contribution in [0.3, 0.4) is 0 Å². The average Bonchev–Trinajstić information content (AvgIpc) is 3.24. The Kier molecular flexibility index (Phi) is 8.38. The summed E-state index contributed by atoms with van der Waals surface area (Å²) in [5, 5.41) is 33.5. The number of aromatic nitrogens is 5. The van der Waals surface area contributed by atoms with Crippen LogP contribution < -0.4 is 5.32 Å². The van der Waals surface area contributed by atoms with Gasteiger partial charge >= 0.3 is 0 Å². The van der Waals surface area contributed by atoms with Crippen LogP contribution in [-0.4, -0.2) is 36.3 Å². The molecule has 1 aromatic carbocycles. The van der Waals surface area contributed by atoms with E-state index in [9.17, 15) is 5.11 Å². The van der Waals surface area contributed by atoms with Crippen molar-refractivity contribution in [3.63, 3.8) is 0 Å². The molecule has 9 heteroatoms. The number of hydrogen-bond donors (Lipinski definition) is 2. The van der Waals surface area contributed by atoms with E-state index < -0.39 is 0 Å². The lowest BCUT2D eigenvalue weighted by molar-refractivity contribution is 0.280. The van der Waals surface area contributed by atoms with Crippen LogP contribution in [-0.2, 0) is 6.61 Å². The minimum atomic E-state index is -0.107. The maximum Gasteiger partial charge on any atom is 0.163 e. The minimum absolute atomic E-state index is 0.107. The van der Waals surface area contributed by atoms with Crippen LogP contribution in [0.4, 0.5) is 17.2 Å². The first-order valence-electron chi connectivity index (χ1n) is 11.1. The number of aliphatic imine (C=N–C) groups is 1. The number of benzene rings is 1. The molecule has 178 valence electrons. The minimum Gasteiger partial charge on any atom is -0.392 e. The molecule has 0 aliphatic rings.